The molecule has 0 spiro atoms. The van der Waals surface area contributed by atoms with E-state index in [2.05, 4.69) is 0 Å². The standard InChI is InChI=1S/C13H19NO4S/c1-9-7-13(19(14,15)16)10(2)6-12(9)18-11-4-3-5-17-8-11/h6-7,11H,3-5,8H2,1-2H3,(H2,14,15,16). The third-order valence-electron chi connectivity index (χ3n) is 3.19. The Hall–Kier alpha value is -1.11. The summed E-state index contributed by atoms with van der Waals surface area (Å²) in [5.41, 5.74) is 1.36. The summed E-state index contributed by atoms with van der Waals surface area (Å²) in [6.07, 6.45) is 1.97. The third-order valence-corrected chi connectivity index (χ3v) is 4.24. The molecule has 1 heterocycles. The molecule has 1 saturated heterocycles. The van der Waals surface area contributed by atoms with Crippen LogP contribution in [-0.2, 0) is 14.8 Å². The molecule has 6 heteroatoms. The first-order valence-electron chi connectivity index (χ1n) is 6.26. The number of sulfonamides is 1. The van der Waals surface area contributed by atoms with E-state index >= 15 is 0 Å². The van der Waals surface area contributed by atoms with Gasteiger partial charge in [0, 0.05) is 6.61 Å². The number of primary sulfonamides is 1. The SMILES string of the molecule is Cc1cc(S(N)(=O)=O)c(C)cc1OC1CCCOC1. The summed E-state index contributed by atoms with van der Waals surface area (Å²) < 4.78 is 34.1. The van der Waals surface area contributed by atoms with Gasteiger partial charge in [-0.25, -0.2) is 13.6 Å². The molecule has 19 heavy (non-hydrogen) atoms. The average Bonchev–Trinajstić information content (AvgIpc) is 2.33. The maximum Gasteiger partial charge on any atom is 0.238 e. The lowest BCUT2D eigenvalue weighted by atomic mass is 10.1. The Labute approximate surface area is 113 Å². The van der Waals surface area contributed by atoms with E-state index in [1.165, 1.54) is 0 Å². The Morgan fingerprint density at radius 1 is 1.32 bits per heavy atom. The molecule has 1 aromatic rings. The number of benzene rings is 1. The number of hydrogen-bond acceptors (Lipinski definition) is 4. The van der Waals surface area contributed by atoms with Gasteiger partial charge in [0.05, 0.1) is 11.5 Å². The van der Waals surface area contributed by atoms with E-state index in [4.69, 9.17) is 14.6 Å². The fourth-order valence-corrected chi connectivity index (χ4v) is 3.03. The molecule has 1 unspecified atom stereocenters. The molecule has 0 saturated carbocycles. The van der Waals surface area contributed by atoms with Crippen LogP contribution in [0.5, 0.6) is 5.75 Å². The second-order valence-electron chi connectivity index (χ2n) is 4.89. The molecule has 1 aliphatic rings. The normalized spacial score (nSPS) is 20.3. The minimum absolute atomic E-state index is 0.0344. The molecule has 1 fully saturated rings. The zero-order chi connectivity index (χ0) is 14.0. The summed E-state index contributed by atoms with van der Waals surface area (Å²) in [5, 5.41) is 5.17. The molecule has 1 aromatic carbocycles. The summed E-state index contributed by atoms with van der Waals surface area (Å²) in [4.78, 5) is 0.150. The van der Waals surface area contributed by atoms with Crippen LogP contribution in [0, 0.1) is 13.8 Å². The van der Waals surface area contributed by atoms with Gasteiger partial charge >= 0.3 is 0 Å². The molecule has 0 radical (unpaired) electrons. The summed E-state index contributed by atoms with van der Waals surface area (Å²) in [6.45, 7) is 4.88. The predicted molar refractivity (Wildman–Crippen MR) is 71.8 cm³/mol. The molecule has 5 nitrogen and oxygen atoms in total. The molecule has 2 N–H and O–H groups in total. The largest absolute Gasteiger partial charge is 0.488 e. The topological polar surface area (TPSA) is 78.6 Å². The second-order valence-corrected chi connectivity index (χ2v) is 6.42. The van der Waals surface area contributed by atoms with E-state index in [-0.39, 0.29) is 11.0 Å². The summed E-state index contributed by atoms with van der Waals surface area (Å²) >= 11 is 0. The number of ether oxygens (including phenoxy) is 2. The fraction of sp³-hybridized carbons (Fsp3) is 0.538. The van der Waals surface area contributed by atoms with E-state index in [0.29, 0.717) is 17.9 Å². The number of aryl methyl sites for hydroxylation is 2. The highest BCUT2D eigenvalue weighted by molar-refractivity contribution is 7.89. The predicted octanol–water partition coefficient (Wildman–Crippen LogP) is 1.51. The van der Waals surface area contributed by atoms with Crippen LogP contribution in [0.25, 0.3) is 0 Å². The average molecular weight is 285 g/mol. The van der Waals surface area contributed by atoms with Gasteiger partial charge in [-0.05, 0) is 49.9 Å². The number of hydrogen-bond donors (Lipinski definition) is 1. The molecule has 0 amide bonds. The van der Waals surface area contributed by atoms with Crippen molar-refractivity contribution >= 4 is 10.0 Å². The van der Waals surface area contributed by atoms with Crippen molar-refractivity contribution in [3.63, 3.8) is 0 Å². The molecule has 2 rings (SSSR count). The molecule has 1 aliphatic heterocycles. The minimum atomic E-state index is -3.69. The van der Waals surface area contributed by atoms with Crippen LogP contribution in [-0.4, -0.2) is 27.7 Å². The first-order valence-corrected chi connectivity index (χ1v) is 7.81. The highest BCUT2D eigenvalue weighted by Crippen LogP contribution is 2.27. The molecule has 0 aromatic heterocycles. The van der Waals surface area contributed by atoms with Crippen molar-refractivity contribution in [2.45, 2.75) is 37.7 Å². The van der Waals surface area contributed by atoms with Gasteiger partial charge in [-0.1, -0.05) is 0 Å². The van der Waals surface area contributed by atoms with Crippen molar-refractivity contribution in [3.8, 4) is 5.75 Å². The molecular formula is C13H19NO4S. The zero-order valence-corrected chi connectivity index (χ0v) is 12.0. The van der Waals surface area contributed by atoms with Crippen molar-refractivity contribution in [1.29, 1.82) is 0 Å². The summed E-state index contributed by atoms with van der Waals surface area (Å²) in [7, 11) is -3.69. The highest BCUT2D eigenvalue weighted by atomic mass is 32.2. The van der Waals surface area contributed by atoms with Gasteiger partial charge in [-0.3, -0.25) is 0 Å². The first-order chi connectivity index (χ1) is 8.88. The van der Waals surface area contributed by atoms with Gasteiger partial charge in [0.15, 0.2) is 0 Å². The summed E-state index contributed by atoms with van der Waals surface area (Å²) in [6, 6.07) is 3.29. The number of rotatable bonds is 3. The monoisotopic (exact) mass is 285 g/mol. The highest BCUT2D eigenvalue weighted by Gasteiger charge is 2.19. The van der Waals surface area contributed by atoms with Crippen molar-refractivity contribution in [3.05, 3.63) is 23.3 Å². The van der Waals surface area contributed by atoms with E-state index in [1.807, 2.05) is 6.92 Å². The van der Waals surface area contributed by atoms with E-state index in [9.17, 15) is 8.42 Å². The van der Waals surface area contributed by atoms with Crippen LogP contribution in [0.1, 0.15) is 24.0 Å². The third kappa shape index (κ3) is 3.46. The van der Waals surface area contributed by atoms with Gasteiger partial charge in [0.25, 0.3) is 0 Å². The minimum Gasteiger partial charge on any atom is -0.488 e. The smallest absolute Gasteiger partial charge is 0.238 e. The quantitative estimate of drug-likeness (QED) is 0.913. The lowest BCUT2D eigenvalue weighted by Crippen LogP contribution is -2.28. The van der Waals surface area contributed by atoms with Crippen LogP contribution >= 0.6 is 0 Å². The van der Waals surface area contributed by atoms with Crippen molar-refractivity contribution in [2.75, 3.05) is 13.2 Å². The van der Waals surface area contributed by atoms with Crippen LogP contribution < -0.4 is 9.88 Å². The Kier molecular flexibility index (Phi) is 4.13. The van der Waals surface area contributed by atoms with Gasteiger partial charge in [-0.15, -0.1) is 0 Å². The van der Waals surface area contributed by atoms with Crippen molar-refractivity contribution in [2.24, 2.45) is 5.14 Å². The van der Waals surface area contributed by atoms with Gasteiger partial charge in [-0.2, -0.15) is 0 Å². The van der Waals surface area contributed by atoms with Gasteiger partial charge in [0.2, 0.25) is 10.0 Å². The lowest BCUT2D eigenvalue weighted by molar-refractivity contribution is 0.00711. The Morgan fingerprint density at radius 2 is 2.05 bits per heavy atom. The van der Waals surface area contributed by atoms with Crippen molar-refractivity contribution in [1.82, 2.24) is 0 Å². The second kappa shape index (κ2) is 5.48. The Bertz CT molecular complexity index is 562. The molecular weight excluding hydrogens is 266 g/mol. The van der Waals surface area contributed by atoms with E-state index in [0.717, 1.165) is 25.0 Å². The van der Waals surface area contributed by atoms with Crippen LogP contribution in [0.3, 0.4) is 0 Å². The lowest BCUT2D eigenvalue weighted by Gasteiger charge is -2.24. The van der Waals surface area contributed by atoms with Crippen molar-refractivity contribution < 1.29 is 17.9 Å². The fourth-order valence-electron chi connectivity index (χ4n) is 2.18. The maximum atomic E-state index is 11.4. The van der Waals surface area contributed by atoms with Crippen LogP contribution in [0.2, 0.25) is 0 Å². The van der Waals surface area contributed by atoms with Gasteiger partial charge in [0.1, 0.15) is 11.9 Å². The zero-order valence-electron chi connectivity index (χ0n) is 11.2. The van der Waals surface area contributed by atoms with Crippen LogP contribution in [0.15, 0.2) is 17.0 Å². The van der Waals surface area contributed by atoms with E-state index in [1.54, 1.807) is 19.1 Å². The van der Waals surface area contributed by atoms with Gasteiger partial charge < -0.3 is 9.47 Å². The molecule has 0 aliphatic carbocycles. The molecule has 106 valence electrons. The maximum absolute atomic E-state index is 11.4. The Morgan fingerprint density at radius 3 is 2.63 bits per heavy atom. The Balaban J connectivity index is 2.25. The molecule has 0 bridgehead atoms. The van der Waals surface area contributed by atoms with E-state index < -0.39 is 10.0 Å². The molecule has 1 atom stereocenters. The van der Waals surface area contributed by atoms with Crippen LogP contribution in [0.4, 0.5) is 0 Å². The number of nitrogens with two attached hydrogens (primary N) is 1. The summed E-state index contributed by atoms with van der Waals surface area (Å²) in [5.74, 6) is 0.695. The first kappa shape index (κ1) is 14.3.